The molecule has 0 atom stereocenters. The smallest absolute Gasteiger partial charge is 0.338 e. The van der Waals surface area contributed by atoms with Gasteiger partial charge in [-0.25, -0.2) is 4.79 Å². The minimum Gasteiger partial charge on any atom is -0.493 e. The summed E-state index contributed by atoms with van der Waals surface area (Å²) in [5.41, 5.74) is 1.66. The minimum atomic E-state index is -1.13. The lowest BCUT2D eigenvalue weighted by atomic mass is 9.91. The number of hydrogen-bond acceptors (Lipinski definition) is 6. The van der Waals surface area contributed by atoms with Crippen LogP contribution < -0.4 is 24.5 Å². The average Bonchev–Trinajstić information content (AvgIpc) is 3.18. The Balaban J connectivity index is 1.94. The fourth-order valence-corrected chi connectivity index (χ4v) is 4.20. The van der Waals surface area contributed by atoms with E-state index in [1.54, 1.807) is 18.2 Å². The zero-order chi connectivity index (χ0) is 20.3. The monoisotopic (exact) mass is 395 g/mol. The van der Waals surface area contributed by atoms with Gasteiger partial charge in [-0.05, 0) is 36.2 Å². The quantitative estimate of drug-likeness (QED) is 0.728. The Morgan fingerprint density at radius 3 is 2.59 bits per heavy atom. The van der Waals surface area contributed by atoms with Gasteiger partial charge in [0.2, 0.25) is 6.79 Å². The zero-order valence-electron chi connectivity index (χ0n) is 15.8. The van der Waals surface area contributed by atoms with E-state index in [2.05, 4.69) is 0 Å². The van der Waals surface area contributed by atoms with Gasteiger partial charge in [0, 0.05) is 17.5 Å². The van der Waals surface area contributed by atoms with E-state index in [1.165, 1.54) is 18.8 Å². The summed E-state index contributed by atoms with van der Waals surface area (Å²) < 4.78 is 23.1. The normalized spacial score (nSPS) is 13.7. The molecule has 0 amide bonds. The van der Waals surface area contributed by atoms with Crippen molar-refractivity contribution >= 4 is 16.7 Å². The van der Waals surface area contributed by atoms with Crippen molar-refractivity contribution in [2.45, 2.75) is 13.0 Å². The van der Waals surface area contributed by atoms with Crippen molar-refractivity contribution in [3.63, 3.8) is 0 Å². The van der Waals surface area contributed by atoms with Crippen LogP contribution in [-0.4, -0.2) is 36.7 Å². The maximum atomic E-state index is 13.4. The average molecular weight is 395 g/mol. The molecule has 148 valence electrons. The van der Waals surface area contributed by atoms with Gasteiger partial charge in [0.15, 0.2) is 23.0 Å². The molecule has 3 heterocycles. The van der Waals surface area contributed by atoms with Crippen LogP contribution in [0.25, 0.3) is 22.0 Å². The number of aromatic carboxylic acids is 1. The maximum absolute atomic E-state index is 13.4. The Labute approximate surface area is 164 Å². The largest absolute Gasteiger partial charge is 0.493 e. The summed E-state index contributed by atoms with van der Waals surface area (Å²) in [4.78, 5) is 25.8. The number of hydrogen-bond donors (Lipinski definition) is 1. The van der Waals surface area contributed by atoms with E-state index < -0.39 is 5.97 Å². The molecule has 0 spiro atoms. The molecule has 0 saturated carbocycles. The third kappa shape index (κ3) is 2.32. The summed E-state index contributed by atoms with van der Waals surface area (Å²) in [7, 11) is 2.90. The Morgan fingerprint density at radius 1 is 1.14 bits per heavy atom. The molecular weight excluding hydrogens is 378 g/mol. The first-order chi connectivity index (χ1) is 14.0. The highest BCUT2D eigenvalue weighted by Crippen LogP contribution is 2.44. The lowest BCUT2D eigenvalue weighted by molar-refractivity contribution is 0.0699. The van der Waals surface area contributed by atoms with Crippen molar-refractivity contribution < 1.29 is 28.8 Å². The third-order valence-corrected chi connectivity index (χ3v) is 5.45. The highest BCUT2D eigenvalue weighted by atomic mass is 16.7. The third-order valence-electron chi connectivity index (χ3n) is 5.45. The van der Waals surface area contributed by atoms with Crippen molar-refractivity contribution in [2.75, 3.05) is 21.0 Å². The second-order valence-corrected chi connectivity index (χ2v) is 6.82. The summed E-state index contributed by atoms with van der Waals surface area (Å²) in [5, 5.41) is 10.6. The molecule has 29 heavy (non-hydrogen) atoms. The van der Waals surface area contributed by atoms with Gasteiger partial charge in [0.05, 0.1) is 30.9 Å². The summed E-state index contributed by atoms with van der Waals surface area (Å²) in [6.45, 7) is 0.461. The van der Waals surface area contributed by atoms with Crippen LogP contribution >= 0.6 is 0 Å². The maximum Gasteiger partial charge on any atom is 0.338 e. The first-order valence-electron chi connectivity index (χ1n) is 9.02. The fourth-order valence-electron chi connectivity index (χ4n) is 4.20. The molecule has 2 aromatic carbocycles. The zero-order valence-corrected chi connectivity index (χ0v) is 15.8. The summed E-state index contributed by atoms with van der Waals surface area (Å²) >= 11 is 0. The SMILES string of the molecule is COc1ccc2c(C(=O)O)c3n(c(=O)c2c1OC)CCc1cc2c(cc1-3)OCO2. The van der Waals surface area contributed by atoms with Gasteiger partial charge in [-0.1, -0.05) is 0 Å². The molecule has 3 aromatic rings. The number of pyridine rings is 1. The lowest BCUT2D eigenvalue weighted by Crippen LogP contribution is -2.29. The molecule has 2 aliphatic rings. The molecule has 8 heteroatoms. The van der Waals surface area contributed by atoms with Gasteiger partial charge >= 0.3 is 5.97 Å². The summed E-state index contributed by atoms with van der Waals surface area (Å²) in [6.07, 6.45) is 0.565. The van der Waals surface area contributed by atoms with Crippen LogP contribution in [0, 0.1) is 0 Å². The summed E-state index contributed by atoms with van der Waals surface area (Å²) in [6, 6.07) is 6.80. The number of aryl methyl sites for hydroxylation is 1. The van der Waals surface area contributed by atoms with E-state index in [4.69, 9.17) is 18.9 Å². The van der Waals surface area contributed by atoms with Gasteiger partial charge in [-0.15, -0.1) is 0 Å². The number of benzene rings is 2. The molecule has 0 saturated heterocycles. The van der Waals surface area contributed by atoms with Gasteiger partial charge in [-0.3, -0.25) is 4.79 Å². The van der Waals surface area contributed by atoms with Gasteiger partial charge in [0.1, 0.15) is 0 Å². The first-order valence-corrected chi connectivity index (χ1v) is 9.02. The van der Waals surface area contributed by atoms with Gasteiger partial charge in [0.25, 0.3) is 5.56 Å². The Bertz CT molecular complexity index is 1260. The highest BCUT2D eigenvalue weighted by Gasteiger charge is 2.31. The van der Waals surface area contributed by atoms with E-state index in [0.29, 0.717) is 46.9 Å². The number of methoxy groups -OCH3 is 2. The van der Waals surface area contributed by atoms with Crippen LogP contribution in [0.4, 0.5) is 0 Å². The molecule has 5 rings (SSSR count). The minimum absolute atomic E-state index is 0.0420. The topological polar surface area (TPSA) is 96.2 Å². The number of fused-ring (bicyclic) bond motifs is 5. The van der Waals surface area contributed by atoms with Gasteiger partial charge in [-0.2, -0.15) is 0 Å². The van der Waals surface area contributed by atoms with Gasteiger partial charge < -0.3 is 28.6 Å². The predicted molar refractivity (Wildman–Crippen MR) is 104 cm³/mol. The molecule has 0 bridgehead atoms. The second-order valence-electron chi connectivity index (χ2n) is 6.82. The standard InChI is InChI=1S/C21H17NO7/c1-26-13-4-3-11-16(21(24)25)18-12-8-15-14(28-9-29-15)7-10(12)5-6-22(18)20(23)17(11)19(13)27-2/h3-4,7-8H,5-6,9H2,1-2H3,(H,24,25). The lowest BCUT2D eigenvalue weighted by Gasteiger charge is -2.25. The van der Waals surface area contributed by atoms with Crippen LogP contribution in [-0.2, 0) is 13.0 Å². The van der Waals surface area contributed by atoms with Crippen LogP contribution in [0.2, 0.25) is 0 Å². The van der Waals surface area contributed by atoms with Crippen LogP contribution in [0.5, 0.6) is 23.0 Å². The Hall–Kier alpha value is -3.68. The number of rotatable bonds is 3. The molecule has 0 aliphatic carbocycles. The number of nitrogens with zero attached hydrogens (tertiary/aromatic N) is 1. The van der Waals surface area contributed by atoms with Crippen molar-refractivity contribution in [1.82, 2.24) is 4.57 Å². The van der Waals surface area contributed by atoms with Crippen LogP contribution in [0.1, 0.15) is 15.9 Å². The van der Waals surface area contributed by atoms with Crippen LogP contribution in [0.15, 0.2) is 29.1 Å². The van der Waals surface area contributed by atoms with Crippen LogP contribution in [0.3, 0.4) is 0 Å². The Kier molecular flexibility index (Phi) is 3.70. The van der Waals surface area contributed by atoms with E-state index in [0.717, 1.165) is 5.56 Å². The number of ether oxygens (including phenoxy) is 4. The molecule has 0 fully saturated rings. The van der Waals surface area contributed by atoms with Crippen molar-refractivity contribution in [3.8, 4) is 34.3 Å². The Morgan fingerprint density at radius 2 is 1.90 bits per heavy atom. The van der Waals surface area contributed by atoms with E-state index >= 15 is 0 Å². The number of carbonyl (C=O) groups is 1. The molecular formula is C21H17NO7. The second kappa shape index (κ2) is 6.16. The molecule has 2 aliphatic heterocycles. The molecule has 0 radical (unpaired) electrons. The number of carboxylic acid groups (broad SMARTS) is 1. The van der Waals surface area contributed by atoms with Crippen molar-refractivity contribution in [3.05, 3.63) is 45.7 Å². The highest BCUT2D eigenvalue weighted by molar-refractivity contribution is 6.10. The molecule has 1 N–H and O–H groups in total. The summed E-state index contributed by atoms with van der Waals surface area (Å²) in [5.74, 6) is 0.631. The van der Waals surface area contributed by atoms with E-state index in [-0.39, 0.29) is 29.1 Å². The molecule has 0 unspecified atom stereocenters. The van der Waals surface area contributed by atoms with E-state index in [1.807, 2.05) is 6.07 Å². The predicted octanol–water partition coefficient (Wildman–Crippen LogP) is 2.67. The fraction of sp³-hybridized carbons (Fsp3) is 0.238. The molecule has 1 aromatic heterocycles. The number of carboxylic acids is 1. The number of aromatic nitrogens is 1. The van der Waals surface area contributed by atoms with Crippen molar-refractivity contribution in [2.24, 2.45) is 0 Å². The van der Waals surface area contributed by atoms with E-state index in [9.17, 15) is 14.7 Å². The van der Waals surface area contributed by atoms with Crippen molar-refractivity contribution in [1.29, 1.82) is 0 Å². The first kappa shape index (κ1) is 17.4. The molecule has 8 nitrogen and oxygen atoms in total.